The van der Waals surface area contributed by atoms with Crippen molar-refractivity contribution in [1.82, 2.24) is 0 Å². The second-order valence-electron chi connectivity index (χ2n) is 5.36. The largest absolute Gasteiger partial charge is 0.550 e. The van der Waals surface area contributed by atoms with Gasteiger partial charge in [0.15, 0.2) is 0 Å². The average molecular weight is 272 g/mol. The highest BCUT2D eigenvalue weighted by atomic mass is 16.4. The van der Waals surface area contributed by atoms with Gasteiger partial charge in [-0.25, -0.2) is 0 Å². The molecule has 0 aliphatic heterocycles. The smallest absolute Gasteiger partial charge is 0.228 e. The van der Waals surface area contributed by atoms with Crippen molar-refractivity contribution >= 4 is 17.6 Å². The molecule has 1 saturated carbocycles. The molecule has 1 aromatic rings. The lowest BCUT2D eigenvalue weighted by Crippen LogP contribution is -2.42. The summed E-state index contributed by atoms with van der Waals surface area (Å²) >= 11 is 0. The maximum absolute atomic E-state index is 12.3. The number of hydrogen-bond acceptors (Lipinski definition) is 4. The summed E-state index contributed by atoms with van der Waals surface area (Å²) in [6.07, 6.45) is 4.49. The zero-order valence-corrected chi connectivity index (χ0v) is 10.7. The molecule has 0 heterocycles. The molecule has 0 spiro atoms. The second kappa shape index (κ2) is 4.67. The number of benzene rings is 1. The first-order valence-electron chi connectivity index (χ1n) is 6.55. The summed E-state index contributed by atoms with van der Waals surface area (Å²) < 4.78 is 0. The van der Waals surface area contributed by atoms with Crippen LogP contribution in [-0.2, 0) is 9.59 Å². The third kappa shape index (κ3) is 2.05. The van der Waals surface area contributed by atoms with Crippen LogP contribution in [0.15, 0.2) is 36.4 Å². The number of amides is 1. The van der Waals surface area contributed by atoms with Crippen LogP contribution in [0.3, 0.4) is 0 Å². The van der Waals surface area contributed by atoms with E-state index in [1.165, 1.54) is 12.1 Å². The van der Waals surface area contributed by atoms with Crippen LogP contribution in [0, 0.1) is 23.7 Å². The number of nitrogens with one attached hydrogen (secondary N) is 1. The Balaban J connectivity index is 1.78. The molecule has 5 heteroatoms. The SMILES string of the molecule is O=C([O-])[C@@H]1[C@H](C(=O)Nc2ccc(O)cc2)[C@@H]2C=C[C@H]1C2. The first-order valence-corrected chi connectivity index (χ1v) is 6.55. The minimum absolute atomic E-state index is 0.0278. The van der Waals surface area contributed by atoms with Crippen molar-refractivity contribution in [1.29, 1.82) is 0 Å². The summed E-state index contributed by atoms with van der Waals surface area (Å²) in [4.78, 5) is 23.6. The number of phenolic OH excluding ortho intramolecular Hbond substituents is 1. The molecule has 104 valence electrons. The standard InChI is InChI=1S/C15H15NO4/c17-11-5-3-10(4-6-11)16-14(18)12-8-1-2-9(7-8)13(12)15(19)20/h1-6,8-9,12-13,17H,7H2,(H,16,18)(H,19,20)/p-1/t8-,9+,12-,13+/m1/s1. The van der Waals surface area contributed by atoms with E-state index in [4.69, 9.17) is 0 Å². The third-order valence-electron chi connectivity index (χ3n) is 4.17. The Labute approximate surface area is 115 Å². The number of carboxylic acids is 1. The maximum atomic E-state index is 12.3. The van der Waals surface area contributed by atoms with Crippen LogP contribution in [0.2, 0.25) is 0 Å². The molecule has 1 aromatic carbocycles. The van der Waals surface area contributed by atoms with E-state index in [1.54, 1.807) is 12.1 Å². The van der Waals surface area contributed by atoms with Gasteiger partial charge in [-0.05, 0) is 42.5 Å². The number of anilines is 1. The van der Waals surface area contributed by atoms with Gasteiger partial charge in [-0.1, -0.05) is 12.2 Å². The van der Waals surface area contributed by atoms with E-state index in [9.17, 15) is 19.8 Å². The highest BCUT2D eigenvalue weighted by molar-refractivity contribution is 5.96. The number of phenols is 1. The van der Waals surface area contributed by atoms with Crippen LogP contribution in [-0.4, -0.2) is 17.0 Å². The Hall–Kier alpha value is -2.30. The summed E-state index contributed by atoms with van der Waals surface area (Å²) in [5.41, 5.74) is 0.539. The number of aromatic hydroxyl groups is 1. The van der Waals surface area contributed by atoms with Crippen LogP contribution < -0.4 is 10.4 Å². The predicted octanol–water partition coefficient (Wildman–Crippen LogP) is 0.519. The molecular formula is C15H14NO4-. The second-order valence-corrected chi connectivity index (χ2v) is 5.36. The fourth-order valence-corrected chi connectivity index (χ4v) is 3.27. The minimum atomic E-state index is -1.16. The number of rotatable bonds is 3. The van der Waals surface area contributed by atoms with E-state index in [0.29, 0.717) is 12.1 Å². The van der Waals surface area contributed by atoms with Gasteiger partial charge in [0.05, 0.1) is 5.92 Å². The summed E-state index contributed by atoms with van der Waals surface area (Å²) in [5.74, 6) is -2.81. The molecule has 0 aromatic heterocycles. The minimum Gasteiger partial charge on any atom is -0.550 e. The van der Waals surface area contributed by atoms with Gasteiger partial charge < -0.3 is 20.3 Å². The number of fused-ring (bicyclic) bond motifs is 2. The van der Waals surface area contributed by atoms with E-state index < -0.39 is 17.8 Å². The van der Waals surface area contributed by atoms with Crippen LogP contribution in [0.25, 0.3) is 0 Å². The maximum Gasteiger partial charge on any atom is 0.228 e. The van der Waals surface area contributed by atoms with E-state index in [0.717, 1.165) is 0 Å². The van der Waals surface area contributed by atoms with Gasteiger partial charge in [0.2, 0.25) is 5.91 Å². The van der Waals surface area contributed by atoms with E-state index >= 15 is 0 Å². The summed E-state index contributed by atoms with van der Waals surface area (Å²) in [6.45, 7) is 0. The quantitative estimate of drug-likeness (QED) is 0.620. The van der Waals surface area contributed by atoms with Crippen LogP contribution in [0.4, 0.5) is 5.69 Å². The molecule has 1 amide bonds. The number of carboxylic acid groups (broad SMARTS) is 1. The molecule has 1 fully saturated rings. The van der Waals surface area contributed by atoms with Crippen molar-refractivity contribution in [3.8, 4) is 5.75 Å². The first-order chi connectivity index (χ1) is 9.56. The van der Waals surface area contributed by atoms with Crippen molar-refractivity contribution in [2.24, 2.45) is 23.7 Å². The first kappa shape index (κ1) is 12.7. The highest BCUT2D eigenvalue weighted by Crippen LogP contribution is 2.48. The van der Waals surface area contributed by atoms with Crippen molar-refractivity contribution in [2.75, 3.05) is 5.32 Å². The average Bonchev–Trinajstić information content (AvgIpc) is 3.01. The van der Waals surface area contributed by atoms with Gasteiger partial charge in [0.25, 0.3) is 0 Å². The zero-order valence-electron chi connectivity index (χ0n) is 10.7. The normalized spacial score (nSPS) is 30.4. The van der Waals surface area contributed by atoms with Crippen molar-refractivity contribution in [3.05, 3.63) is 36.4 Å². The molecule has 0 unspecified atom stereocenters. The fourth-order valence-electron chi connectivity index (χ4n) is 3.27. The Bertz CT molecular complexity index is 578. The van der Waals surface area contributed by atoms with Crippen molar-refractivity contribution < 1.29 is 19.8 Å². The topological polar surface area (TPSA) is 89.5 Å². The molecule has 2 aliphatic rings. The molecular weight excluding hydrogens is 258 g/mol. The monoisotopic (exact) mass is 272 g/mol. The fraction of sp³-hybridized carbons (Fsp3) is 0.333. The Morgan fingerprint density at radius 1 is 1.10 bits per heavy atom. The van der Waals surface area contributed by atoms with Gasteiger partial charge in [-0.2, -0.15) is 0 Å². The molecule has 3 rings (SSSR count). The van der Waals surface area contributed by atoms with Gasteiger partial charge in [-0.15, -0.1) is 0 Å². The van der Waals surface area contributed by atoms with Gasteiger partial charge in [0.1, 0.15) is 5.75 Å². The molecule has 0 radical (unpaired) electrons. The number of carbonyl (C=O) groups excluding carboxylic acids is 2. The molecule has 2 aliphatic carbocycles. The highest BCUT2D eigenvalue weighted by Gasteiger charge is 2.48. The summed E-state index contributed by atoms with van der Waals surface area (Å²) in [5, 5.41) is 23.1. The number of carbonyl (C=O) groups is 2. The predicted molar refractivity (Wildman–Crippen MR) is 69.5 cm³/mol. The van der Waals surface area contributed by atoms with E-state index in [2.05, 4.69) is 5.32 Å². The van der Waals surface area contributed by atoms with Crippen molar-refractivity contribution in [2.45, 2.75) is 6.42 Å². The lowest BCUT2D eigenvalue weighted by molar-refractivity contribution is -0.313. The van der Waals surface area contributed by atoms with Crippen LogP contribution >= 0.6 is 0 Å². The number of hydrogen-bond donors (Lipinski definition) is 2. The molecule has 2 bridgehead atoms. The van der Waals surface area contributed by atoms with Gasteiger partial charge in [0, 0.05) is 17.6 Å². The zero-order chi connectivity index (χ0) is 14.3. The van der Waals surface area contributed by atoms with Crippen LogP contribution in [0.1, 0.15) is 6.42 Å². The Morgan fingerprint density at radius 3 is 2.30 bits per heavy atom. The number of allylic oxidation sites excluding steroid dienone is 2. The van der Waals surface area contributed by atoms with Crippen molar-refractivity contribution in [3.63, 3.8) is 0 Å². The number of aliphatic carboxylic acids is 1. The van der Waals surface area contributed by atoms with E-state index in [-0.39, 0.29) is 23.5 Å². The Kier molecular flexibility index (Phi) is 2.97. The lowest BCUT2D eigenvalue weighted by atomic mass is 9.82. The van der Waals surface area contributed by atoms with Gasteiger partial charge in [-0.3, -0.25) is 4.79 Å². The molecule has 4 atom stereocenters. The summed E-state index contributed by atoms with van der Waals surface area (Å²) in [7, 11) is 0. The molecule has 2 N–H and O–H groups in total. The van der Waals surface area contributed by atoms with Crippen LogP contribution in [0.5, 0.6) is 5.75 Å². The molecule has 5 nitrogen and oxygen atoms in total. The molecule has 20 heavy (non-hydrogen) atoms. The van der Waals surface area contributed by atoms with E-state index in [1.807, 2.05) is 12.2 Å². The lowest BCUT2D eigenvalue weighted by Gasteiger charge is -2.27. The summed E-state index contributed by atoms with van der Waals surface area (Å²) in [6, 6.07) is 6.08. The molecule has 0 saturated heterocycles. The Morgan fingerprint density at radius 2 is 1.70 bits per heavy atom. The third-order valence-corrected chi connectivity index (χ3v) is 4.17. The van der Waals surface area contributed by atoms with Gasteiger partial charge >= 0.3 is 0 Å².